The highest BCUT2D eigenvalue weighted by Gasteiger charge is 2.23. The van der Waals surface area contributed by atoms with Crippen molar-refractivity contribution in [1.82, 2.24) is 9.97 Å². The van der Waals surface area contributed by atoms with Gasteiger partial charge in [-0.15, -0.1) is 0 Å². The van der Waals surface area contributed by atoms with E-state index in [1.807, 2.05) is 30.3 Å². The Morgan fingerprint density at radius 2 is 1.33 bits per heavy atom. The molecule has 1 aromatic heterocycles. The molecule has 3 aromatic carbocycles. The highest BCUT2D eigenvalue weighted by Crippen LogP contribution is 2.34. The highest BCUT2D eigenvalue weighted by atomic mass is 35.5. The second-order valence-corrected chi connectivity index (χ2v) is 7.45. The summed E-state index contributed by atoms with van der Waals surface area (Å²) in [4.78, 5) is 19.3. The second kappa shape index (κ2) is 10.0. The average Bonchev–Trinajstić information content (AvgIpc) is 2.82. The van der Waals surface area contributed by atoms with E-state index in [-0.39, 0.29) is 17.3 Å². The van der Waals surface area contributed by atoms with Gasteiger partial charge in [0.05, 0.1) is 26.3 Å². The number of rotatable bonds is 7. The standard InChI is InChI=1S/C22H15Cl2N7O2/c23-18-11-10-17(12-19(18)24)28-22-20(31(32)33)21(25-13-26-22)27-14-6-8-16(9-7-14)30-29-15-4-2-1-3-5-15/h1-13H,(H2,25,26,27,28). The number of azo groups is 1. The average molecular weight is 480 g/mol. The lowest BCUT2D eigenvalue weighted by molar-refractivity contribution is -0.383. The van der Waals surface area contributed by atoms with Crippen LogP contribution in [0.4, 0.5) is 40.1 Å². The number of nitrogens with one attached hydrogen (secondary N) is 2. The molecule has 0 atom stereocenters. The lowest BCUT2D eigenvalue weighted by atomic mass is 10.2. The number of aromatic nitrogens is 2. The van der Waals surface area contributed by atoms with Gasteiger partial charge in [0.15, 0.2) is 0 Å². The Hall–Kier alpha value is -4.08. The number of benzene rings is 3. The van der Waals surface area contributed by atoms with E-state index in [9.17, 15) is 10.1 Å². The first-order chi connectivity index (χ1) is 16.0. The zero-order chi connectivity index (χ0) is 23.2. The van der Waals surface area contributed by atoms with Crippen LogP contribution in [0.25, 0.3) is 0 Å². The van der Waals surface area contributed by atoms with Crippen LogP contribution < -0.4 is 10.6 Å². The van der Waals surface area contributed by atoms with Crippen molar-refractivity contribution >= 4 is 63.3 Å². The van der Waals surface area contributed by atoms with Crippen molar-refractivity contribution in [3.63, 3.8) is 0 Å². The molecule has 4 rings (SSSR count). The van der Waals surface area contributed by atoms with Crippen LogP contribution in [0.5, 0.6) is 0 Å². The van der Waals surface area contributed by atoms with E-state index in [2.05, 4.69) is 30.8 Å². The Kier molecular flexibility index (Phi) is 6.72. The molecular weight excluding hydrogens is 465 g/mol. The molecule has 11 heteroatoms. The van der Waals surface area contributed by atoms with Crippen LogP contribution in [0.2, 0.25) is 10.0 Å². The molecule has 0 aliphatic rings. The van der Waals surface area contributed by atoms with Gasteiger partial charge in [0.1, 0.15) is 6.33 Å². The largest absolute Gasteiger partial charge is 0.353 e. The number of hydrogen-bond acceptors (Lipinski definition) is 8. The van der Waals surface area contributed by atoms with Crippen molar-refractivity contribution in [3.05, 3.63) is 99.3 Å². The summed E-state index contributed by atoms with van der Waals surface area (Å²) >= 11 is 12.0. The van der Waals surface area contributed by atoms with Crippen molar-refractivity contribution in [2.45, 2.75) is 0 Å². The van der Waals surface area contributed by atoms with Crippen molar-refractivity contribution in [1.29, 1.82) is 0 Å². The quantitative estimate of drug-likeness (QED) is 0.160. The summed E-state index contributed by atoms with van der Waals surface area (Å²) in [5.41, 5.74) is 2.11. The van der Waals surface area contributed by atoms with Crippen LogP contribution in [-0.2, 0) is 0 Å². The van der Waals surface area contributed by atoms with Gasteiger partial charge in [0.25, 0.3) is 0 Å². The van der Waals surface area contributed by atoms with E-state index in [0.29, 0.717) is 27.1 Å². The Bertz CT molecular complexity index is 1320. The molecule has 0 saturated carbocycles. The van der Waals surface area contributed by atoms with Crippen molar-refractivity contribution in [2.24, 2.45) is 10.2 Å². The van der Waals surface area contributed by atoms with Gasteiger partial charge in [-0.1, -0.05) is 41.4 Å². The van der Waals surface area contributed by atoms with E-state index in [1.165, 1.54) is 6.33 Å². The Morgan fingerprint density at radius 1 is 0.758 bits per heavy atom. The fourth-order valence-corrected chi connectivity index (χ4v) is 3.10. The molecule has 164 valence electrons. The van der Waals surface area contributed by atoms with Gasteiger partial charge in [0, 0.05) is 11.4 Å². The summed E-state index contributed by atoms with van der Waals surface area (Å²) in [5, 5.41) is 26.6. The molecule has 0 spiro atoms. The minimum absolute atomic E-state index is 0.00386. The van der Waals surface area contributed by atoms with Crippen molar-refractivity contribution in [2.75, 3.05) is 10.6 Å². The monoisotopic (exact) mass is 479 g/mol. The van der Waals surface area contributed by atoms with Crippen LogP contribution in [0.3, 0.4) is 0 Å². The number of anilines is 4. The van der Waals surface area contributed by atoms with Gasteiger partial charge in [-0.2, -0.15) is 10.2 Å². The van der Waals surface area contributed by atoms with E-state index in [1.54, 1.807) is 42.5 Å². The molecule has 1 heterocycles. The van der Waals surface area contributed by atoms with Crippen LogP contribution in [0, 0.1) is 10.1 Å². The first-order valence-corrected chi connectivity index (χ1v) is 10.3. The van der Waals surface area contributed by atoms with Crippen LogP contribution >= 0.6 is 23.2 Å². The molecule has 0 aliphatic carbocycles. The van der Waals surface area contributed by atoms with Gasteiger partial charge in [-0.05, 0) is 54.6 Å². The predicted molar refractivity (Wildman–Crippen MR) is 129 cm³/mol. The molecule has 2 N–H and O–H groups in total. The summed E-state index contributed by atoms with van der Waals surface area (Å²) in [6.07, 6.45) is 1.22. The third-order valence-electron chi connectivity index (χ3n) is 4.35. The molecule has 0 amide bonds. The Balaban J connectivity index is 1.55. The molecule has 0 unspecified atom stereocenters. The summed E-state index contributed by atoms with van der Waals surface area (Å²) in [6, 6.07) is 21.0. The van der Waals surface area contributed by atoms with E-state index >= 15 is 0 Å². The third kappa shape index (κ3) is 5.59. The van der Waals surface area contributed by atoms with E-state index < -0.39 is 4.92 Å². The molecule has 0 bridgehead atoms. The smallest absolute Gasteiger partial charge is 0.334 e. The molecule has 33 heavy (non-hydrogen) atoms. The fraction of sp³-hybridized carbons (Fsp3) is 0. The fourth-order valence-electron chi connectivity index (χ4n) is 2.80. The first kappa shape index (κ1) is 22.1. The lowest BCUT2D eigenvalue weighted by Crippen LogP contribution is -2.05. The lowest BCUT2D eigenvalue weighted by Gasteiger charge is -2.10. The normalized spacial score (nSPS) is 10.8. The summed E-state index contributed by atoms with van der Waals surface area (Å²) < 4.78 is 0. The number of halogens is 2. The predicted octanol–water partition coefficient (Wildman–Crippen LogP) is 7.59. The second-order valence-electron chi connectivity index (χ2n) is 6.64. The highest BCUT2D eigenvalue weighted by molar-refractivity contribution is 6.42. The number of nitrogens with zero attached hydrogens (tertiary/aromatic N) is 5. The van der Waals surface area contributed by atoms with E-state index in [0.717, 1.165) is 5.69 Å². The Morgan fingerprint density at radius 3 is 1.94 bits per heavy atom. The van der Waals surface area contributed by atoms with E-state index in [4.69, 9.17) is 23.2 Å². The molecule has 0 fully saturated rings. The zero-order valence-electron chi connectivity index (χ0n) is 16.8. The Labute approximate surface area is 198 Å². The van der Waals surface area contributed by atoms with Crippen molar-refractivity contribution in [3.8, 4) is 0 Å². The van der Waals surface area contributed by atoms with Gasteiger partial charge >= 0.3 is 5.69 Å². The van der Waals surface area contributed by atoms with Gasteiger partial charge < -0.3 is 10.6 Å². The van der Waals surface area contributed by atoms with Crippen LogP contribution in [0.1, 0.15) is 0 Å². The molecule has 0 saturated heterocycles. The number of nitro groups is 1. The summed E-state index contributed by atoms with van der Waals surface area (Å²) in [7, 11) is 0. The van der Waals surface area contributed by atoms with Gasteiger partial charge in [-0.3, -0.25) is 10.1 Å². The third-order valence-corrected chi connectivity index (χ3v) is 5.09. The van der Waals surface area contributed by atoms with Crippen LogP contribution in [0.15, 0.2) is 89.4 Å². The molecular formula is C22H15Cl2N7O2. The van der Waals surface area contributed by atoms with Gasteiger partial charge in [-0.25, -0.2) is 9.97 Å². The topological polar surface area (TPSA) is 118 Å². The first-order valence-electron chi connectivity index (χ1n) is 9.55. The van der Waals surface area contributed by atoms with Gasteiger partial charge in [0.2, 0.25) is 11.6 Å². The molecule has 4 aromatic rings. The molecule has 9 nitrogen and oxygen atoms in total. The maximum Gasteiger partial charge on any atom is 0.353 e. The van der Waals surface area contributed by atoms with Crippen molar-refractivity contribution < 1.29 is 4.92 Å². The zero-order valence-corrected chi connectivity index (χ0v) is 18.3. The molecule has 0 radical (unpaired) electrons. The summed E-state index contributed by atoms with van der Waals surface area (Å²) in [5.74, 6) is 0.0281. The molecule has 0 aliphatic heterocycles. The maximum absolute atomic E-state index is 11.8. The van der Waals surface area contributed by atoms with Crippen LogP contribution in [-0.4, -0.2) is 14.9 Å². The summed E-state index contributed by atoms with van der Waals surface area (Å²) in [6.45, 7) is 0. The SMILES string of the molecule is O=[N+]([O-])c1c(Nc2ccc(N=Nc3ccccc3)cc2)ncnc1Nc1ccc(Cl)c(Cl)c1. The maximum atomic E-state index is 11.8. The number of hydrogen-bond donors (Lipinski definition) is 2. The minimum atomic E-state index is -0.565. The minimum Gasteiger partial charge on any atom is -0.334 e.